The molecule has 6 rings (SSSR count). The molecule has 7 nitrogen and oxygen atoms in total. The lowest BCUT2D eigenvalue weighted by molar-refractivity contribution is 0.235. The Hall–Kier alpha value is -2.46. The third-order valence-corrected chi connectivity index (χ3v) is 8.18. The van der Waals surface area contributed by atoms with Gasteiger partial charge >= 0.3 is 0 Å². The molecule has 2 aliphatic carbocycles. The largest absolute Gasteiger partial charge is 0.474 e. The van der Waals surface area contributed by atoms with E-state index in [0.717, 1.165) is 17.8 Å². The molecule has 3 fully saturated rings. The van der Waals surface area contributed by atoms with E-state index < -0.39 is 0 Å². The lowest BCUT2D eigenvalue weighted by atomic mass is 9.88. The van der Waals surface area contributed by atoms with Crippen molar-refractivity contribution in [3.05, 3.63) is 29.6 Å². The molecule has 1 aromatic rings. The number of nitriles is 1. The predicted octanol–water partition coefficient (Wildman–Crippen LogP) is 6.35. The van der Waals surface area contributed by atoms with Crippen LogP contribution in [0, 0.1) is 34.0 Å². The number of nitrogens with zero attached hydrogens (tertiary/aromatic N) is 4. The summed E-state index contributed by atoms with van der Waals surface area (Å²) in [7, 11) is 0. The second-order valence-corrected chi connectivity index (χ2v) is 13.4. The molecular formula is C31H46N4O3. The maximum Gasteiger partial charge on any atom is 0.235 e. The van der Waals surface area contributed by atoms with Crippen LogP contribution in [0.1, 0.15) is 98.4 Å². The van der Waals surface area contributed by atoms with Gasteiger partial charge in [-0.15, -0.1) is 0 Å². The molecule has 0 bridgehead atoms. The van der Waals surface area contributed by atoms with Crippen LogP contribution in [0.15, 0.2) is 28.2 Å². The molecule has 1 aromatic heterocycles. The van der Waals surface area contributed by atoms with Gasteiger partial charge in [-0.25, -0.2) is 15.0 Å². The molecule has 0 N–H and O–H groups in total. The maximum atomic E-state index is 8.49. The van der Waals surface area contributed by atoms with E-state index in [4.69, 9.17) is 29.5 Å². The number of aromatic nitrogens is 1. The predicted molar refractivity (Wildman–Crippen MR) is 150 cm³/mol. The summed E-state index contributed by atoms with van der Waals surface area (Å²) in [6.45, 7) is 16.4. The highest BCUT2D eigenvalue weighted by Crippen LogP contribution is 2.37. The molecule has 0 radical (unpaired) electrons. The number of pyridine rings is 1. The molecule has 5 aliphatic rings. The van der Waals surface area contributed by atoms with Crippen molar-refractivity contribution in [1.82, 2.24) is 4.98 Å². The van der Waals surface area contributed by atoms with Crippen LogP contribution >= 0.6 is 0 Å². The highest BCUT2D eigenvalue weighted by atomic mass is 16.6. The second kappa shape index (κ2) is 11.7. The van der Waals surface area contributed by atoms with E-state index in [0.29, 0.717) is 49.1 Å². The normalized spacial score (nSPS) is 31.3. The molecule has 2 saturated carbocycles. The van der Waals surface area contributed by atoms with E-state index in [1.165, 1.54) is 32.1 Å². The zero-order valence-corrected chi connectivity index (χ0v) is 24.4. The van der Waals surface area contributed by atoms with Crippen molar-refractivity contribution < 1.29 is 14.2 Å². The van der Waals surface area contributed by atoms with E-state index in [2.05, 4.69) is 59.5 Å². The monoisotopic (exact) mass is 522 g/mol. The van der Waals surface area contributed by atoms with E-state index in [-0.39, 0.29) is 22.9 Å². The topological polar surface area (TPSA) is 92.4 Å². The smallest absolute Gasteiger partial charge is 0.235 e. The zero-order valence-electron chi connectivity index (χ0n) is 24.4. The maximum absolute atomic E-state index is 8.49. The molecule has 38 heavy (non-hydrogen) atoms. The van der Waals surface area contributed by atoms with Crippen LogP contribution in [0.4, 0.5) is 0 Å². The van der Waals surface area contributed by atoms with Gasteiger partial charge in [0.1, 0.15) is 24.6 Å². The number of aliphatic imine (C=N–C) groups is 2. The van der Waals surface area contributed by atoms with Crippen LogP contribution in [0.25, 0.3) is 0 Å². The summed E-state index contributed by atoms with van der Waals surface area (Å²) in [5, 5.41) is 8.49. The second-order valence-electron chi connectivity index (χ2n) is 13.4. The van der Waals surface area contributed by atoms with Gasteiger partial charge in [-0.3, -0.25) is 0 Å². The number of rotatable bonds is 2. The van der Waals surface area contributed by atoms with Gasteiger partial charge < -0.3 is 14.2 Å². The summed E-state index contributed by atoms with van der Waals surface area (Å²) < 4.78 is 16.7. The van der Waals surface area contributed by atoms with Gasteiger partial charge in [-0.2, -0.15) is 5.26 Å². The molecule has 0 spiro atoms. The average Bonchev–Trinajstić information content (AvgIpc) is 3.45. The van der Waals surface area contributed by atoms with Crippen molar-refractivity contribution in [2.24, 2.45) is 32.7 Å². The lowest BCUT2D eigenvalue weighted by Crippen LogP contribution is -2.25. The molecule has 208 valence electrons. The van der Waals surface area contributed by atoms with Crippen molar-refractivity contribution in [2.75, 3.05) is 13.2 Å². The van der Waals surface area contributed by atoms with Gasteiger partial charge in [0, 0.05) is 5.92 Å². The van der Waals surface area contributed by atoms with Crippen molar-refractivity contribution in [1.29, 1.82) is 5.26 Å². The fraction of sp³-hybridized carbons (Fsp3) is 0.742. The highest BCUT2D eigenvalue weighted by Gasteiger charge is 2.42. The van der Waals surface area contributed by atoms with Crippen LogP contribution < -0.4 is 0 Å². The average molecular weight is 523 g/mol. The Labute approximate surface area is 229 Å². The molecule has 0 aromatic carbocycles. The molecule has 1 saturated heterocycles. The Balaban J connectivity index is 0.000000192. The standard InChI is InChI=1S/C19H27N3O2.C7H11N.C5H8O/c1-18(2,3)14-10-23-16(21-14)12-8-7-9-13(20-12)17-22-15(11-24-17)19(4,5)6;1-6-3-2-4-7(6)5-8;1-2-4-5(3-1)6-4/h7-9,14-15H,10-11H2,1-6H3;6-7H,2-4H2,1H3;4-5H,1-3H2/t14-,15-;6-,7+;4-,5+/m11./s1. The Kier molecular flexibility index (Phi) is 8.82. The first-order valence-corrected chi connectivity index (χ1v) is 14.4. The summed E-state index contributed by atoms with van der Waals surface area (Å²) in [4.78, 5) is 14.1. The van der Waals surface area contributed by atoms with Crippen LogP contribution in [-0.4, -0.2) is 54.3 Å². The Bertz CT molecular complexity index is 999. The van der Waals surface area contributed by atoms with Gasteiger partial charge in [0.2, 0.25) is 11.8 Å². The summed E-state index contributed by atoms with van der Waals surface area (Å²) in [6.07, 6.45) is 9.18. The van der Waals surface area contributed by atoms with Crippen molar-refractivity contribution in [2.45, 2.75) is 111 Å². The highest BCUT2D eigenvalue weighted by molar-refractivity contribution is 5.97. The Morgan fingerprint density at radius 3 is 1.58 bits per heavy atom. The summed E-state index contributed by atoms with van der Waals surface area (Å²) in [5.74, 6) is 2.26. The fourth-order valence-electron chi connectivity index (χ4n) is 5.13. The van der Waals surface area contributed by atoms with Crippen molar-refractivity contribution in [3.8, 4) is 6.07 Å². The Morgan fingerprint density at radius 2 is 1.29 bits per heavy atom. The number of epoxide rings is 1. The summed E-state index contributed by atoms with van der Waals surface area (Å²) in [6, 6.07) is 8.42. The van der Waals surface area contributed by atoms with E-state index in [9.17, 15) is 0 Å². The van der Waals surface area contributed by atoms with Gasteiger partial charge in [0.15, 0.2) is 0 Å². The molecule has 0 unspecified atom stereocenters. The number of hydrogen-bond acceptors (Lipinski definition) is 7. The lowest BCUT2D eigenvalue weighted by Gasteiger charge is -2.21. The molecule has 0 amide bonds. The molecule has 3 aliphatic heterocycles. The SMILES string of the molecule is C1C[C@@H]2O[C@@H]2C1.CC(C)(C)[C@H]1COC(c2cccc(C3=N[C@@H](C(C)(C)C)CO3)n2)=N1.C[C@@H]1CCC[C@H]1C#N. The van der Waals surface area contributed by atoms with Gasteiger partial charge in [-0.1, -0.05) is 61.0 Å². The number of hydrogen-bond donors (Lipinski definition) is 0. The van der Waals surface area contributed by atoms with E-state index in [1.54, 1.807) is 0 Å². The fourth-order valence-corrected chi connectivity index (χ4v) is 5.13. The number of ether oxygens (including phenoxy) is 3. The third-order valence-electron chi connectivity index (χ3n) is 8.18. The van der Waals surface area contributed by atoms with Crippen LogP contribution in [0.5, 0.6) is 0 Å². The van der Waals surface area contributed by atoms with Crippen molar-refractivity contribution in [3.63, 3.8) is 0 Å². The van der Waals surface area contributed by atoms with Gasteiger partial charge in [0.05, 0.1) is 30.4 Å². The van der Waals surface area contributed by atoms with Crippen molar-refractivity contribution >= 4 is 11.8 Å². The minimum absolute atomic E-state index is 0.0813. The van der Waals surface area contributed by atoms with E-state index in [1.807, 2.05) is 18.2 Å². The van der Waals surface area contributed by atoms with Gasteiger partial charge in [-0.05, 0) is 61.0 Å². The summed E-state index contributed by atoms with van der Waals surface area (Å²) in [5.41, 5.74) is 1.64. The van der Waals surface area contributed by atoms with Crippen LogP contribution in [0.2, 0.25) is 0 Å². The minimum Gasteiger partial charge on any atom is -0.474 e. The minimum atomic E-state index is 0.0813. The first-order valence-electron chi connectivity index (χ1n) is 14.4. The molecule has 4 heterocycles. The summed E-state index contributed by atoms with van der Waals surface area (Å²) >= 11 is 0. The third kappa shape index (κ3) is 7.34. The molecule has 6 atom stereocenters. The quantitative estimate of drug-likeness (QED) is 0.422. The number of fused-ring (bicyclic) bond motifs is 1. The first-order chi connectivity index (χ1) is 18.0. The van der Waals surface area contributed by atoms with Gasteiger partial charge in [0.25, 0.3) is 0 Å². The molecule has 7 heteroatoms. The van der Waals surface area contributed by atoms with Crippen LogP contribution in [0.3, 0.4) is 0 Å². The first kappa shape index (κ1) is 28.5. The van der Waals surface area contributed by atoms with E-state index >= 15 is 0 Å². The Morgan fingerprint density at radius 1 is 0.789 bits per heavy atom. The zero-order chi connectivity index (χ0) is 27.5. The van der Waals surface area contributed by atoms with Crippen LogP contribution in [-0.2, 0) is 14.2 Å². The molecular weight excluding hydrogens is 476 g/mol.